The first kappa shape index (κ1) is 16.8. The number of halogens is 1. The molecule has 0 radical (unpaired) electrons. The highest BCUT2D eigenvalue weighted by Crippen LogP contribution is 2.28. The second-order valence-electron chi connectivity index (χ2n) is 6.23. The molecule has 1 saturated heterocycles. The van der Waals surface area contributed by atoms with Crippen LogP contribution in [0.3, 0.4) is 0 Å². The van der Waals surface area contributed by atoms with Crippen LogP contribution in [0.4, 0.5) is 0 Å². The van der Waals surface area contributed by atoms with E-state index in [1.54, 1.807) is 36.1 Å². The Balaban J connectivity index is 1.94. The van der Waals surface area contributed by atoms with Gasteiger partial charge in [-0.15, -0.1) is 0 Å². The number of nitrogens with zero attached hydrogens (tertiary/aromatic N) is 1. The second kappa shape index (κ2) is 6.67. The fourth-order valence-corrected chi connectivity index (χ4v) is 2.72. The van der Waals surface area contributed by atoms with Gasteiger partial charge in [0, 0.05) is 23.7 Å². The number of rotatable bonds is 4. The summed E-state index contributed by atoms with van der Waals surface area (Å²) >= 11 is 5.80. The molecule has 22 heavy (non-hydrogen) atoms. The van der Waals surface area contributed by atoms with Crippen LogP contribution in [0.25, 0.3) is 0 Å². The maximum Gasteiger partial charge on any atom is 0.251 e. The minimum absolute atomic E-state index is 0.0183. The molecule has 1 fully saturated rings. The zero-order valence-corrected chi connectivity index (χ0v) is 13.7. The highest BCUT2D eigenvalue weighted by Gasteiger charge is 2.36. The summed E-state index contributed by atoms with van der Waals surface area (Å²) in [6.07, 6.45) is 0.896. The van der Waals surface area contributed by atoms with Gasteiger partial charge in [0.1, 0.15) is 6.04 Å². The van der Waals surface area contributed by atoms with Gasteiger partial charge in [-0.05, 0) is 49.6 Å². The smallest absolute Gasteiger partial charge is 0.251 e. The summed E-state index contributed by atoms with van der Waals surface area (Å²) in [5, 5.41) is 3.30. The minimum atomic E-state index is -0.566. The van der Waals surface area contributed by atoms with E-state index in [0.29, 0.717) is 30.2 Å². The van der Waals surface area contributed by atoms with Gasteiger partial charge in [0.2, 0.25) is 5.91 Å². The van der Waals surface area contributed by atoms with E-state index < -0.39 is 6.04 Å². The Labute approximate surface area is 135 Å². The molecule has 1 heterocycles. The predicted molar refractivity (Wildman–Crippen MR) is 86.7 cm³/mol. The van der Waals surface area contributed by atoms with Gasteiger partial charge in [-0.25, -0.2) is 0 Å². The summed E-state index contributed by atoms with van der Waals surface area (Å²) in [5.41, 5.74) is 6.22. The summed E-state index contributed by atoms with van der Waals surface area (Å²) in [5.74, 6) is -0.349. The first-order valence-corrected chi connectivity index (χ1v) is 7.78. The Morgan fingerprint density at radius 2 is 2.05 bits per heavy atom. The first-order chi connectivity index (χ1) is 10.3. The molecule has 5 nitrogen and oxygen atoms in total. The first-order valence-electron chi connectivity index (χ1n) is 7.40. The molecule has 0 aromatic heterocycles. The SMILES string of the molecule is CC(NC(=O)c1ccc(Cl)cc1)C(=O)N1CCC(C)(CN)C1. The Kier molecular flexibility index (Phi) is 5.08. The van der Waals surface area contributed by atoms with Crippen LogP contribution in [0.2, 0.25) is 5.02 Å². The molecule has 1 aromatic carbocycles. The third-order valence-corrected chi connectivity index (χ3v) is 4.44. The van der Waals surface area contributed by atoms with E-state index in [-0.39, 0.29) is 17.2 Å². The lowest BCUT2D eigenvalue weighted by atomic mass is 9.90. The number of nitrogens with one attached hydrogen (secondary N) is 1. The predicted octanol–water partition coefficient (Wildman–Crippen LogP) is 1.66. The third kappa shape index (κ3) is 3.78. The number of nitrogens with two attached hydrogens (primary N) is 1. The summed E-state index contributed by atoms with van der Waals surface area (Å²) < 4.78 is 0. The maximum atomic E-state index is 12.4. The Morgan fingerprint density at radius 1 is 1.41 bits per heavy atom. The number of benzene rings is 1. The quantitative estimate of drug-likeness (QED) is 0.884. The molecule has 2 atom stereocenters. The molecule has 3 N–H and O–H groups in total. The second-order valence-corrected chi connectivity index (χ2v) is 6.66. The van der Waals surface area contributed by atoms with Crippen molar-refractivity contribution in [3.63, 3.8) is 0 Å². The molecule has 0 saturated carbocycles. The lowest BCUT2D eigenvalue weighted by molar-refractivity contribution is -0.132. The van der Waals surface area contributed by atoms with E-state index in [9.17, 15) is 9.59 Å². The van der Waals surface area contributed by atoms with Crippen molar-refractivity contribution in [2.75, 3.05) is 19.6 Å². The largest absolute Gasteiger partial charge is 0.341 e. The van der Waals surface area contributed by atoms with Crippen LogP contribution < -0.4 is 11.1 Å². The molecule has 2 rings (SSSR count). The fraction of sp³-hybridized carbons (Fsp3) is 0.500. The fourth-order valence-electron chi connectivity index (χ4n) is 2.60. The molecular weight excluding hydrogens is 302 g/mol. The van der Waals surface area contributed by atoms with Crippen LogP contribution in [0.1, 0.15) is 30.6 Å². The number of carbonyl (C=O) groups is 2. The van der Waals surface area contributed by atoms with Gasteiger partial charge in [-0.3, -0.25) is 9.59 Å². The van der Waals surface area contributed by atoms with Crippen molar-refractivity contribution in [2.45, 2.75) is 26.3 Å². The van der Waals surface area contributed by atoms with E-state index in [2.05, 4.69) is 12.2 Å². The Bertz CT molecular complexity index is 561. The molecule has 0 aliphatic carbocycles. The minimum Gasteiger partial charge on any atom is -0.341 e. The van der Waals surface area contributed by atoms with Gasteiger partial charge >= 0.3 is 0 Å². The summed E-state index contributed by atoms with van der Waals surface area (Å²) in [6.45, 7) is 5.67. The summed E-state index contributed by atoms with van der Waals surface area (Å²) in [7, 11) is 0. The van der Waals surface area contributed by atoms with Crippen LogP contribution in [0.5, 0.6) is 0 Å². The van der Waals surface area contributed by atoms with Crippen molar-refractivity contribution in [1.29, 1.82) is 0 Å². The lowest BCUT2D eigenvalue weighted by Crippen LogP contribution is -2.47. The molecule has 2 amide bonds. The van der Waals surface area contributed by atoms with Crippen molar-refractivity contribution in [3.05, 3.63) is 34.9 Å². The standard InChI is InChI=1S/C16H22ClN3O2/c1-11(15(22)20-8-7-16(2,9-18)10-20)19-14(21)12-3-5-13(17)6-4-12/h3-6,11H,7-10,18H2,1-2H3,(H,19,21). The average molecular weight is 324 g/mol. The topological polar surface area (TPSA) is 75.4 Å². The molecular formula is C16H22ClN3O2. The monoisotopic (exact) mass is 323 g/mol. The van der Waals surface area contributed by atoms with Gasteiger partial charge < -0.3 is 16.0 Å². The van der Waals surface area contributed by atoms with E-state index in [1.165, 1.54) is 0 Å². The van der Waals surface area contributed by atoms with Gasteiger partial charge in [0.25, 0.3) is 5.91 Å². The molecule has 0 bridgehead atoms. The Hall–Kier alpha value is -1.59. The van der Waals surface area contributed by atoms with Crippen LogP contribution in [0.15, 0.2) is 24.3 Å². The van der Waals surface area contributed by atoms with E-state index >= 15 is 0 Å². The summed E-state index contributed by atoms with van der Waals surface area (Å²) in [6, 6.07) is 6.00. The number of amides is 2. The van der Waals surface area contributed by atoms with E-state index in [0.717, 1.165) is 6.42 Å². The van der Waals surface area contributed by atoms with Crippen molar-refractivity contribution in [3.8, 4) is 0 Å². The van der Waals surface area contributed by atoms with E-state index in [1.807, 2.05) is 0 Å². The van der Waals surface area contributed by atoms with Crippen LogP contribution in [0, 0.1) is 5.41 Å². The Morgan fingerprint density at radius 3 is 2.59 bits per heavy atom. The summed E-state index contributed by atoms with van der Waals surface area (Å²) in [4.78, 5) is 26.3. The van der Waals surface area contributed by atoms with Gasteiger partial charge in [0.15, 0.2) is 0 Å². The highest BCUT2D eigenvalue weighted by molar-refractivity contribution is 6.30. The van der Waals surface area contributed by atoms with Crippen molar-refractivity contribution < 1.29 is 9.59 Å². The average Bonchev–Trinajstić information content (AvgIpc) is 2.90. The van der Waals surface area contributed by atoms with Crippen molar-refractivity contribution in [1.82, 2.24) is 10.2 Å². The van der Waals surface area contributed by atoms with Gasteiger partial charge in [-0.1, -0.05) is 18.5 Å². The molecule has 120 valence electrons. The van der Waals surface area contributed by atoms with Crippen molar-refractivity contribution in [2.24, 2.45) is 11.1 Å². The number of hydrogen-bond acceptors (Lipinski definition) is 3. The zero-order chi connectivity index (χ0) is 16.3. The van der Waals surface area contributed by atoms with Crippen molar-refractivity contribution >= 4 is 23.4 Å². The molecule has 1 aliphatic heterocycles. The zero-order valence-electron chi connectivity index (χ0n) is 12.9. The molecule has 0 spiro atoms. The number of hydrogen-bond donors (Lipinski definition) is 2. The van der Waals surface area contributed by atoms with Crippen LogP contribution in [-0.2, 0) is 4.79 Å². The number of carbonyl (C=O) groups excluding carboxylic acids is 2. The normalized spacial score (nSPS) is 22.5. The van der Waals surface area contributed by atoms with Gasteiger partial charge in [-0.2, -0.15) is 0 Å². The number of likely N-dealkylation sites (tertiary alicyclic amines) is 1. The van der Waals surface area contributed by atoms with Crippen LogP contribution >= 0.6 is 11.6 Å². The molecule has 1 aliphatic rings. The molecule has 6 heteroatoms. The van der Waals surface area contributed by atoms with E-state index in [4.69, 9.17) is 17.3 Å². The van der Waals surface area contributed by atoms with Crippen LogP contribution in [-0.4, -0.2) is 42.4 Å². The highest BCUT2D eigenvalue weighted by atomic mass is 35.5. The molecule has 1 aromatic rings. The third-order valence-electron chi connectivity index (χ3n) is 4.19. The lowest BCUT2D eigenvalue weighted by Gasteiger charge is -2.25. The van der Waals surface area contributed by atoms with Gasteiger partial charge in [0.05, 0.1) is 0 Å². The molecule has 2 unspecified atom stereocenters. The maximum absolute atomic E-state index is 12.4.